The molecule has 0 amide bonds. The van der Waals surface area contributed by atoms with E-state index in [0.29, 0.717) is 53.9 Å². The Labute approximate surface area is 245 Å². The molecule has 0 spiro atoms. The zero-order chi connectivity index (χ0) is 29.5. The van der Waals surface area contributed by atoms with Crippen LogP contribution in [0, 0.1) is 0 Å². The predicted molar refractivity (Wildman–Crippen MR) is 156 cm³/mol. The van der Waals surface area contributed by atoms with Crippen LogP contribution in [0.15, 0.2) is 36.4 Å². The summed E-state index contributed by atoms with van der Waals surface area (Å²) in [7, 11) is 2.78. The van der Waals surface area contributed by atoms with E-state index in [9.17, 15) is 9.59 Å². The minimum atomic E-state index is -0.218. The van der Waals surface area contributed by atoms with Crippen LogP contribution >= 0.6 is 15.9 Å². The first-order valence-corrected chi connectivity index (χ1v) is 13.6. The Morgan fingerprint density at radius 3 is 1.45 bits per heavy atom. The summed E-state index contributed by atoms with van der Waals surface area (Å²) in [6.45, 7) is 0.0542. The molecule has 2 rings (SSSR count). The summed E-state index contributed by atoms with van der Waals surface area (Å²) in [6.07, 6.45) is 4.33. The molecule has 0 radical (unpaired) electrons. The maximum Gasteiger partial charge on any atom is 0.305 e. The first-order chi connectivity index (χ1) is 18.8. The maximum atomic E-state index is 10.9. The second-order valence-electron chi connectivity index (χ2n) is 8.23. The van der Waals surface area contributed by atoms with Crippen molar-refractivity contribution in [3.05, 3.63) is 58.7 Å². The highest BCUT2D eigenvalue weighted by Gasteiger charge is 2.03. The molecule has 2 aromatic carbocycles. The minimum Gasteiger partial charge on any atom is -0.508 e. The van der Waals surface area contributed by atoms with Crippen LogP contribution in [-0.4, -0.2) is 63.6 Å². The van der Waals surface area contributed by atoms with Crippen molar-refractivity contribution in [1.82, 2.24) is 0 Å². The van der Waals surface area contributed by atoms with E-state index in [1.165, 1.54) is 26.4 Å². The van der Waals surface area contributed by atoms with Gasteiger partial charge in [-0.3, -0.25) is 9.59 Å². The average Bonchev–Trinajstić information content (AvgIpc) is 2.96. The third-order valence-corrected chi connectivity index (χ3v) is 5.62. The number of halogens is 1. The number of methoxy groups -OCH3 is 2. The number of benzene rings is 2. The van der Waals surface area contributed by atoms with E-state index in [0.717, 1.165) is 24.6 Å². The van der Waals surface area contributed by atoms with Crippen molar-refractivity contribution >= 4 is 27.9 Å². The molecule has 0 unspecified atom stereocenters. The van der Waals surface area contributed by atoms with E-state index in [2.05, 4.69) is 25.4 Å². The Morgan fingerprint density at radius 1 is 0.675 bits per heavy atom. The van der Waals surface area contributed by atoms with Gasteiger partial charge in [0.05, 0.1) is 47.3 Å². The van der Waals surface area contributed by atoms with E-state index in [1.54, 1.807) is 24.3 Å². The van der Waals surface area contributed by atoms with Crippen LogP contribution in [0.4, 0.5) is 0 Å². The molecule has 228 valence electrons. The smallest absolute Gasteiger partial charge is 0.305 e. The molecule has 10 nitrogen and oxygen atoms in total. The largest absolute Gasteiger partial charge is 0.508 e. The first-order valence-electron chi connectivity index (χ1n) is 12.5. The number of esters is 2. The van der Waals surface area contributed by atoms with Gasteiger partial charge >= 0.3 is 11.9 Å². The van der Waals surface area contributed by atoms with Crippen molar-refractivity contribution in [3.63, 3.8) is 0 Å². The molecule has 0 heterocycles. The van der Waals surface area contributed by atoms with Gasteiger partial charge in [0.2, 0.25) is 0 Å². The molecular weight excluding hydrogens is 588 g/mol. The lowest BCUT2D eigenvalue weighted by molar-refractivity contribution is -0.141. The van der Waals surface area contributed by atoms with Crippen molar-refractivity contribution in [2.24, 2.45) is 0 Å². The second kappa shape index (κ2) is 25.3. The summed E-state index contributed by atoms with van der Waals surface area (Å²) in [4.78, 5) is 21.3. The molecule has 0 saturated heterocycles. The van der Waals surface area contributed by atoms with Gasteiger partial charge in [0.15, 0.2) is 0 Å². The highest BCUT2D eigenvalue weighted by molar-refractivity contribution is 9.09. The van der Waals surface area contributed by atoms with E-state index < -0.39 is 0 Å². The molecule has 0 aliphatic rings. The zero-order valence-electron chi connectivity index (χ0n) is 22.6. The fourth-order valence-corrected chi connectivity index (χ4v) is 3.45. The van der Waals surface area contributed by atoms with E-state index in [1.807, 2.05) is 0 Å². The third-order valence-electron chi connectivity index (χ3n) is 5.06. The number of aliphatic hydroxyl groups is 4. The number of aliphatic hydroxyl groups excluding tert-OH is 4. The number of alkyl halides is 1. The Balaban J connectivity index is 0. The number of hydrogen-bond donors (Lipinski definition) is 5. The van der Waals surface area contributed by atoms with Crippen LogP contribution in [-0.2, 0) is 45.5 Å². The summed E-state index contributed by atoms with van der Waals surface area (Å²) in [5, 5.41) is 45.6. The molecule has 0 fully saturated rings. The van der Waals surface area contributed by atoms with Crippen molar-refractivity contribution in [3.8, 4) is 11.5 Å². The van der Waals surface area contributed by atoms with Crippen LogP contribution in [0.3, 0.4) is 0 Å². The number of carbonyl (C=O) groups is 2. The molecule has 40 heavy (non-hydrogen) atoms. The minimum absolute atomic E-state index is 0. The molecule has 11 heteroatoms. The first kappa shape index (κ1) is 39.4. The van der Waals surface area contributed by atoms with E-state index >= 15 is 0 Å². The molecule has 0 atom stereocenters. The lowest BCUT2D eigenvalue weighted by Crippen LogP contribution is -2.03. The molecule has 0 aliphatic carbocycles. The summed E-state index contributed by atoms with van der Waals surface area (Å²) < 4.78 is 14.5. The third kappa shape index (κ3) is 19.4. The SMILES string of the molecule is C.COC(=O)CCCCBr.COC(=O)CCCCOc1cc(CO)cc(CO)c1.OCc1cc(O)cc(CO)c1. The van der Waals surface area contributed by atoms with Crippen molar-refractivity contribution in [2.45, 2.75) is 72.4 Å². The Morgan fingerprint density at radius 2 is 1.07 bits per heavy atom. The van der Waals surface area contributed by atoms with Gasteiger partial charge in [-0.25, -0.2) is 0 Å². The fourth-order valence-electron chi connectivity index (χ4n) is 3.05. The van der Waals surface area contributed by atoms with Gasteiger partial charge in [0.1, 0.15) is 11.5 Å². The van der Waals surface area contributed by atoms with Gasteiger partial charge in [-0.1, -0.05) is 35.5 Å². The highest BCUT2D eigenvalue weighted by atomic mass is 79.9. The molecule has 2 aromatic rings. The summed E-state index contributed by atoms with van der Waals surface area (Å²) in [6, 6.07) is 9.75. The number of unbranched alkanes of at least 4 members (excludes halogenated alkanes) is 2. The van der Waals surface area contributed by atoms with E-state index in [-0.39, 0.29) is 51.5 Å². The van der Waals surface area contributed by atoms with Crippen LogP contribution < -0.4 is 4.74 Å². The lowest BCUT2D eigenvalue weighted by atomic mass is 10.1. The van der Waals surface area contributed by atoms with Gasteiger partial charge in [-0.2, -0.15) is 0 Å². The molecular formula is C29H45BrO10. The van der Waals surface area contributed by atoms with Crippen molar-refractivity contribution in [1.29, 1.82) is 0 Å². The van der Waals surface area contributed by atoms with Crippen molar-refractivity contribution in [2.75, 3.05) is 26.2 Å². The number of rotatable bonds is 14. The molecule has 5 N–H and O–H groups in total. The number of phenolic OH excluding ortho intramolecular Hbond substituents is 1. The molecule has 0 aliphatic heterocycles. The number of ether oxygens (including phenoxy) is 3. The molecule has 0 bridgehead atoms. The maximum absolute atomic E-state index is 10.9. The van der Waals surface area contributed by atoms with Crippen LogP contribution in [0.1, 0.15) is 68.2 Å². The zero-order valence-corrected chi connectivity index (χ0v) is 24.2. The van der Waals surface area contributed by atoms with Crippen LogP contribution in [0.5, 0.6) is 11.5 Å². The highest BCUT2D eigenvalue weighted by Crippen LogP contribution is 2.18. The summed E-state index contributed by atoms with van der Waals surface area (Å²) in [5.41, 5.74) is 2.62. The average molecular weight is 634 g/mol. The monoisotopic (exact) mass is 632 g/mol. The summed E-state index contributed by atoms with van der Waals surface area (Å²) >= 11 is 3.27. The summed E-state index contributed by atoms with van der Waals surface area (Å²) in [5.74, 6) is 0.357. The van der Waals surface area contributed by atoms with Crippen molar-refractivity contribution < 1.29 is 49.3 Å². The van der Waals surface area contributed by atoms with Crippen LogP contribution in [0.2, 0.25) is 0 Å². The molecule has 0 saturated carbocycles. The van der Waals surface area contributed by atoms with Gasteiger partial charge in [-0.15, -0.1) is 0 Å². The number of hydrogen-bond acceptors (Lipinski definition) is 10. The second-order valence-corrected chi connectivity index (χ2v) is 9.02. The normalized spacial score (nSPS) is 9.68. The topological polar surface area (TPSA) is 163 Å². The fraction of sp³-hybridized carbons (Fsp3) is 0.517. The van der Waals surface area contributed by atoms with Gasteiger partial charge in [-0.05, 0) is 72.2 Å². The lowest BCUT2D eigenvalue weighted by Gasteiger charge is -2.09. The predicted octanol–water partition coefficient (Wildman–Crippen LogP) is 4.13. The van der Waals surface area contributed by atoms with Crippen LogP contribution in [0.25, 0.3) is 0 Å². The van der Waals surface area contributed by atoms with E-state index in [4.69, 9.17) is 30.3 Å². The Bertz CT molecular complexity index is 908. The van der Waals surface area contributed by atoms with Gasteiger partial charge in [0, 0.05) is 18.2 Å². The van der Waals surface area contributed by atoms with Gasteiger partial charge < -0.3 is 39.7 Å². The Kier molecular flexibility index (Phi) is 24.9. The standard InChI is InChI=1S/C14H20O5.C8H10O3.C6H11BrO2.CH4/c1-18-14(17)4-2-3-5-19-13-7-11(9-15)6-12(8-13)10-16;9-4-6-1-7(5-10)3-8(11)2-6;1-9-6(8)4-2-3-5-7;/h6-8,15-16H,2-5,9-10H2,1H3;1-3,9-11H,4-5H2;2-5H2,1H3;1H4. The van der Waals surface area contributed by atoms with Gasteiger partial charge in [0.25, 0.3) is 0 Å². The number of aromatic hydroxyl groups is 1. The quantitative estimate of drug-likeness (QED) is 0.116. The number of phenols is 1. The number of carbonyl (C=O) groups excluding carboxylic acids is 2. The Hall–Kier alpha value is -2.70. The molecule has 0 aromatic heterocycles.